The molecule has 1 aliphatic carbocycles. The van der Waals surface area contributed by atoms with E-state index in [2.05, 4.69) is 5.32 Å². The molecule has 1 amide bonds. The molecule has 5 heteroatoms. The third-order valence-electron chi connectivity index (χ3n) is 3.70. The van der Waals surface area contributed by atoms with Crippen LogP contribution in [0.15, 0.2) is 6.07 Å². The van der Waals surface area contributed by atoms with Crippen LogP contribution in [0, 0.1) is 12.3 Å². The SMILES string of the molecule is Cc1sc(C(=O)NC2CC(O)C2(C)C)cc1N. The largest absolute Gasteiger partial charge is 0.398 e. The van der Waals surface area contributed by atoms with E-state index in [9.17, 15) is 9.90 Å². The Morgan fingerprint density at radius 3 is 2.71 bits per heavy atom. The van der Waals surface area contributed by atoms with Gasteiger partial charge in [0.1, 0.15) is 0 Å². The number of aliphatic hydroxyl groups is 1. The molecule has 94 valence electrons. The number of carbonyl (C=O) groups excluding carboxylic acids is 1. The van der Waals surface area contributed by atoms with Gasteiger partial charge in [0.25, 0.3) is 5.91 Å². The number of aliphatic hydroxyl groups excluding tert-OH is 1. The van der Waals surface area contributed by atoms with Crippen LogP contribution in [-0.2, 0) is 0 Å². The van der Waals surface area contributed by atoms with E-state index in [1.54, 1.807) is 6.07 Å². The number of anilines is 1. The van der Waals surface area contributed by atoms with Crippen molar-refractivity contribution in [3.63, 3.8) is 0 Å². The Morgan fingerprint density at radius 1 is 1.65 bits per heavy atom. The molecule has 1 heterocycles. The van der Waals surface area contributed by atoms with Crippen LogP contribution in [0.1, 0.15) is 34.8 Å². The van der Waals surface area contributed by atoms with Gasteiger partial charge in [0.05, 0.1) is 11.0 Å². The predicted octanol–water partition coefficient (Wildman–Crippen LogP) is 1.53. The number of aryl methyl sites for hydroxylation is 1. The fourth-order valence-corrected chi connectivity index (χ4v) is 2.83. The van der Waals surface area contributed by atoms with Crippen molar-refractivity contribution in [1.29, 1.82) is 0 Å². The number of rotatable bonds is 2. The minimum atomic E-state index is -0.331. The molecule has 4 nitrogen and oxygen atoms in total. The van der Waals surface area contributed by atoms with Gasteiger partial charge in [-0.25, -0.2) is 0 Å². The van der Waals surface area contributed by atoms with E-state index in [-0.39, 0.29) is 23.5 Å². The normalized spacial score (nSPS) is 26.4. The lowest BCUT2D eigenvalue weighted by Gasteiger charge is -2.49. The van der Waals surface area contributed by atoms with E-state index in [1.165, 1.54) is 11.3 Å². The van der Waals surface area contributed by atoms with Crippen molar-refractivity contribution in [2.75, 3.05) is 5.73 Å². The summed E-state index contributed by atoms with van der Waals surface area (Å²) in [7, 11) is 0. The molecule has 0 spiro atoms. The maximum atomic E-state index is 12.0. The second kappa shape index (κ2) is 3.99. The quantitative estimate of drug-likeness (QED) is 0.749. The van der Waals surface area contributed by atoms with Crippen LogP contribution in [0.3, 0.4) is 0 Å². The molecule has 2 unspecified atom stereocenters. The number of nitrogens with one attached hydrogen (secondary N) is 1. The highest BCUT2D eigenvalue weighted by molar-refractivity contribution is 7.14. The van der Waals surface area contributed by atoms with E-state index in [1.807, 2.05) is 20.8 Å². The van der Waals surface area contributed by atoms with Crippen LogP contribution >= 0.6 is 11.3 Å². The smallest absolute Gasteiger partial charge is 0.261 e. The molecule has 1 aromatic heterocycles. The van der Waals surface area contributed by atoms with E-state index < -0.39 is 0 Å². The average Bonchev–Trinajstić information content (AvgIpc) is 2.59. The Kier molecular flexibility index (Phi) is 2.91. The first kappa shape index (κ1) is 12.4. The maximum absolute atomic E-state index is 12.0. The standard InChI is InChI=1S/C12H18N2O2S/c1-6-7(13)4-8(17-6)11(16)14-9-5-10(15)12(9,2)3/h4,9-10,15H,5,13H2,1-3H3,(H,14,16). The van der Waals surface area contributed by atoms with Crippen molar-refractivity contribution < 1.29 is 9.90 Å². The third-order valence-corrected chi connectivity index (χ3v) is 4.77. The average molecular weight is 254 g/mol. The lowest BCUT2D eigenvalue weighted by Crippen LogP contribution is -2.61. The van der Waals surface area contributed by atoms with Crippen molar-refractivity contribution in [2.24, 2.45) is 5.41 Å². The van der Waals surface area contributed by atoms with Crippen LogP contribution in [0.5, 0.6) is 0 Å². The number of thiophene rings is 1. The number of hydrogen-bond donors (Lipinski definition) is 3. The molecule has 1 fully saturated rings. The van der Waals surface area contributed by atoms with Crippen LogP contribution < -0.4 is 11.1 Å². The van der Waals surface area contributed by atoms with Gasteiger partial charge in [-0.05, 0) is 19.4 Å². The number of amides is 1. The molecule has 1 aliphatic rings. The number of nitrogen functional groups attached to an aromatic ring is 1. The Labute approximate surface area is 105 Å². The zero-order valence-electron chi connectivity index (χ0n) is 10.3. The lowest BCUT2D eigenvalue weighted by atomic mass is 9.64. The fourth-order valence-electron chi connectivity index (χ4n) is 1.98. The van der Waals surface area contributed by atoms with Crippen molar-refractivity contribution in [2.45, 2.75) is 39.3 Å². The molecule has 2 rings (SSSR count). The van der Waals surface area contributed by atoms with Gasteiger partial charge in [-0.1, -0.05) is 13.8 Å². The van der Waals surface area contributed by atoms with Gasteiger partial charge in [-0.15, -0.1) is 11.3 Å². The van der Waals surface area contributed by atoms with Gasteiger partial charge >= 0.3 is 0 Å². The second-order valence-corrected chi connectivity index (χ2v) is 6.48. The topological polar surface area (TPSA) is 75.3 Å². The zero-order chi connectivity index (χ0) is 12.8. The number of hydrogen-bond acceptors (Lipinski definition) is 4. The molecule has 0 bridgehead atoms. The summed E-state index contributed by atoms with van der Waals surface area (Å²) in [4.78, 5) is 13.6. The van der Waals surface area contributed by atoms with E-state index in [4.69, 9.17) is 5.73 Å². The van der Waals surface area contributed by atoms with Crippen LogP contribution in [0.4, 0.5) is 5.69 Å². The van der Waals surface area contributed by atoms with Gasteiger partial charge in [-0.3, -0.25) is 4.79 Å². The highest BCUT2D eigenvalue weighted by Crippen LogP contribution is 2.40. The molecule has 1 aromatic rings. The van der Waals surface area contributed by atoms with Crippen molar-refractivity contribution in [1.82, 2.24) is 5.32 Å². The summed E-state index contributed by atoms with van der Waals surface area (Å²) in [6, 6.07) is 1.74. The molecule has 0 radical (unpaired) electrons. The highest BCUT2D eigenvalue weighted by atomic mass is 32.1. The molecular formula is C12H18N2O2S. The summed E-state index contributed by atoms with van der Waals surface area (Å²) >= 11 is 1.40. The molecule has 0 saturated heterocycles. The summed E-state index contributed by atoms with van der Waals surface area (Å²) in [6.45, 7) is 5.81. The van der Waals surface area contributed by atoms with Gasteiger partial charge in [0.2, 0.25) is 0 Å². The summed E-state index contributed by atoms with van der Waals surface area (Å²) < 4.78 is 0. The first-order valence-electron chi connectivity index (χ1n) is 5.67. The van der Waals surface area contributed by atoms with Crippen molar-refractivity contribution in [3.05, 3.63) is 15.8 Å². The number of carbonyl (C=O) groups is 1. The van der Waals surface area contributed by atoms with Gasteiger partial charge < -0.3 is 16.2 Å². The molecule has 2 atom stereocenters. The summed E-state index contributed by atoms with van der Waals surface area (Å²) in [6.07, 6.45) is 0.293. The Bertz CT molecular complexity index is 434. The van der Waals surface area contributed by atoms with E-state index >= 15 is 0 Å². The molecule has 17 heavy (non-hydrogen) atoms. The van der Waals surface area contributed by atoms with Crippen molar-refractivity contribution >= 4 is 22.9 Å². The third kappa shape index (κ3) is 2.05. The monoisotopic (exact) mass is 254 g/mol. The summed E-state index contributed by atoms with van der Waals surface area (Å²) in [5.41, 5.74) is 6.14. The van der Waals surface area contributed by atoms with E-state index in [0.717, 1.165) is 4.88 Å². The molecule has 0 aliphatic heterocycles. The van der Waals surface area contributed by atoms with Gasteiger partial charge in [-0.2, -0.15) is 0 Å². The maximum Gasteiger partial charge on any atom is 0.261 e. The van der Waals surface area contributed by atoms with Crippen molar-refractivity contribution in [3.8, 4) is 0 Å². The highest BCUT2D eigenvalue weighted by Gasteiger charge is 2.48. The first-order chi connectivity index (χ1) is 7.82. The first-order valence-corrected chi connectivity index (χ1v) is 6.49. The van der Waals surface area contributed by atoms with Crippen LogP contribution in [-0.4, -0.2) is 23.2 Å². The molecule has 0 aromatic carbocycles. The van der Waals surface area contributed by atoms with Gasteiger partial charge in [0.15, 0.2) is 0 Å². The minimum Gasteiger partial charge on any atom is -0.398 e. The molecular weight excluding hydrogens is 236 g/mol. The van der Waals surface area contributed by atoms with Crippen LogP contribution in [0.25, 0.3) is 0 Å². The minimum absolute atomic E-state index is 0.0358. The lowest BCUT2D eigenvalue weighted by molar-refractivity contribution is -0.0689. The number of nitrogens with two attached hydrogens (primary N) is 1. The summed E-state index contributed by atoms with van der Waals surface area (Å²) in [5.74, 6) is -0.0974. The Balaban J connectivity index is 2.03. The Morgan fingerprint density at radius 2 is 2.29 bits per heavy atom. The zero-order valence-corrected chi connectivity index (χ0v) is 11.1. The molecule has 4 N–H and O–H groups in total. The fraction of sp³-hybridized carbons (Fsp3) is 0.583. The molecule has 1 saturated carbocycles. The van der Waals surface area contributed by atoms with Crippen LogP contribution in [0.2, 0.25) is 0 Å². The predicted molar refractivity (Wildman–Crippen MR) is 69.1 cm³/mol. The summed E-state index contributed by atoms with van der Waals surface area (Å²) in [5, 5.41) is 12.6. The van der Waals surface area contributed by atoms with Gasteiger partial charge in [0, 0.05) is 22.0 Å². The Hall–Kier alpha value is -1.07. The second-order valence-electron chi connectivity index (χ2n) is 5.22. The van der Waals surface area contributed by atoms with E-state index in [0.29, 0.717) is 17.0 Å².